The standard InChI is InChI=1S/C13H7ClFN/c14-12-7-11(4-5-13(12)15)10-3-1-2-9(6-10)8-16/h1-7H. The topological polar surface area (TPSA) is 23.8 Å². The van der Waals surface area contributed by atoms with E-state index in [1.165, 1.54) is 6.07 Å². The van der Waals surface area contributed by atoms with Crippen LogP contribution in [0.2, 0.25) is 5.02 Å². The Labute approximate surface area is 97.7 Å². The minimum Gasteiger partial charge on any atom is -0.205 e. The summed E-state index contributed by atoms with van der Waals surface area (Å²) in [7, 11) is 0. The lowest BCUT2D eigenvalue weighted by atomic mass is 10.0. The van der Waals surface area contributed by atoms with Crippen LogP contribution in [0, 0.1) is 17.1 Å². The zero-order valence-electron chi connectivity index (χ0n) is 8.24. The van der Waals surface area contributed by atoms with Gasteiger partial charge >= 0.3 is 0 Å². The summed E-state index contributed by atoms with van der Waals surface area (Å²) in [6.45, 7) is 0. The number of hydrogen-bond donors (Lipinski definition) is 0. The first-order chi connectivity index (χ1) is 7.70. The first kappa shape index (κ1) is 10.7. The van der Waals surface area contributed by atoms with Crippen molar-refractivity contribution in [2.45, 2.75) is 0 Å². The number of rotatable bonds is 1. The Hall–Kier alpha value is -1.85. The van der Waals surface area contributed by atoms with Crippen molar-refractivity contribution >= 4 is 11.6 Å². The Kier molecular flexibility index (Phi) is 2.89. The van der Waals surface area contributed by atoms with Crippen LogP contribution < -0.4 is 0 Å². The van der Waals surface area contributed by atoms with E-state index in [1.54, 1.807) is 30.3 Å². The third-order valence-corrected chi connectivity index (χ3v) is 2.53. The van der Waals surface area contributed by atoms with Crippen molar-refractivity contribution in [3.8, 4) is 17.2 Å². The summed E-state index contributed by atoms with van der Waals surface area (Å²) in [5.74, 6) is -0.443. The molecule has 0 fully saturated rings. The van der Waals surface area contributed by atoms with Gasteiger partial charge in [0.05, 0.1) is 16.7 Å². The molecule has 0 bridgehead atoms. The van der Waals surface area contributed by atoms with Crippen molar-refractivity contribution < 1.29 is 4.39 Å². The van der Waals surface area contributed by atoms with Gasteiger partial charge in [0.15, 0.2) is 0 Å². The van der Waals surface area contributed by atoms with Crippen LogP contribution in [-0.4, -0.2) is 0 Å². The molecule has 0 aliphatic carbocycles. The number of hydrogen-bond acceptors (Lipinski definition) is 1. The van der Waals surface area contributed by atoms with Crippen molar-refractivity contribution in [2.24, 2.45) is 0 Å². The Morgan fingerprint density at radius 2 is 1.81 bits per heavy atom. The van der Waals surface area contributed by atoms with Crippen LogP contribution >= 0.6 is 11.6 Å². The maximum absolute atomic E-state index is 13.0. The maximum atomic E-state index is 13.0. The number of nitrogens with zero attached hydrogens (tertiary/aromatic N) is 1. The molecule has 0 unspecified atom stereocenters. The molecule has 2 rings (SSSR count). The molecule has 2 aromatic rings. The fraction of sp³-hybridized carbons (Fsp3) is 0. The molecule has 0 aliphatic rings. The van der Waals surface area contributed by atoms with Crippen molar-refractivity contribution in [1.82, 2.24) is 0 Å². The lowest BCUT2D eigenvalue weighted by Gasteiger charge is -2.03. The molecule has 3 heteroatoms. The van der Waals surface area contributed by atoms with Crippen LogP contribution in [0.4, 0.5) is 4.39 Å². The summed E-state index contributed by atoms with van der Waals surface area (Å²) in [6.07, 6.45) is 0. The van der Waals surface area contributed by atoms with Crippen molar-refractivity contribution in [3.05, 3.63) is 58.9 Å². The van der Waals surface area contributed by atoms with Gasteiger partial charge in [-0.3, -0.25) is 0 Å². The van der Waals surface area contributed by atoms with Gasteiger partial charge in [-0.05, 0) is 35.4 Å². The molecule has 0 saturated heterocycles. The predicted octanol–water partition coefficient (Wildman–Crippen LogP) is 4.02. The fourth-order valence-electron chi connectivity index (χ4n) is 1.44. The normalized spacial score (nSPS) is 9.81. The van der Waals surface area contributed by atoms with E-state index in [-0.39, 0.29) is 5.02 Å². The van der Waals surface area contributed by atoms with Crippen LogP contribution in [-0.2, 0) is 0 Å². The van der Waals surface area contributed by atoms with Crippen LogP contribution in [0.5, 0.6) is 0 Å². The molecule has 0 spiro atoms. The third kappa shape index (κ3) is 2.05. The first-order valence-electron chi connectivity index (χ1n) is 4.66. The first-order valence-corrected chi connectivity index (χ1v) is 5.04. The molecule has 0 aliphatic heterocycles. The number of halogens is 2. The molecule has 0 heterocycles. The molecule has 16 heavy (non-hydrogen) atoms. The molecule has 0 amide bonds. The second kappa shape index (κ2) is 4.34. The van der Waals surface area contributed by atoms with E-state index < -0.39 is 5.82 Å². The maximum Gasteiger partial charge on any atom is 0.141 e. The average molecular weight is 232 g/mol. The predicted molar refractivity (Wildman–Crippen MR) is 61.6 cm³/mol. The van der Waals surface area contributed by atoms with E-state index in [0.717, 1.165) is 11.1 Å². The second-order valence-electron chi connectivity index (χ2n) is 3.32. The highest BCUT2D eigenvalue weighted by Gasteiger charge is 2.03. The highest BCUT2D eigenvalue weighted by atomic mass is 35.5. The molecule has 0 saturated carbocycles. The second-order valence-corrected chi connectivity index (χ2v) is 3.73. The van der Waals surface area contributed by atoms with Gasteiger partial charge in [-0.1, -0.05) is 29.8 Å². The van der Waals surface area contributed by atoms with Gasteiger partial charge in [0, 0.05) is 0 Å². The largest absolute Gasteiger partial charge is 0.205 e. The summed E-state index contributed by atoms with van der Waals surface area (Å²) in [5.41, 5.74) is 2.21. The van der Waals surface area contributed by atoms with Crippen molar-refractivity contribution in [3.63, 3.8) is 0 Å². The Bertz CT molecular complexity index is 572. The summed E-state index contributed by atoms with van der Waals surface area (Å²) < 4.78 is 13.0. The minimum atomic E-state index is -0.443. The molecule has 0 N–H and O–H groups in total. The van der Waals surface area contributed by atoms with Gasteiger partial charge < -0.3 is 0 Å². The lowest BCUT2D eigenvalue weighted by molar-refractivity contribution is 0.628. The van der Waals surface area contributed by atoms with Gasteiger partial charge in [0.2, 0.25) is 0 Å². The number of benzene rings is 2. The monoisotopic (exact) mass is 231 g/mol. The van der Waals surface area contributed by atoms with Gasteiger partial charge in [-0.2, -0.15) is 5.26 Å². The van der Waals surface area contributed by atoms with Crippen LogP contribution in [0.1, 0.15) is 5.56 Å². The Morgan fingerprint density at radius 1 is 1.06 bits per heavy atom. The number of nitriles is 1. The van der Waals surface area contributed by atoms with Crippen LogP contribution in [0.15, 0.2) is 42.5 Å². The molecular formula is C13H7ClFN. The highest BCUT2D eigenvalue weighted by molar-refractivity contribution is 6.31. The van der Waals surface area contributed by atoms with Gasteiger partial charge in [0.25, 0.3) is 0 Å². The summed E-state index contributed by atoms with van der Waals surface area (Å²) in [6, 6.07) is 13.6. The summed E-state index contributed by atoms with van der Waals surface area (Å²) >= 11 is 5.70. The SMILES string of the molecule is N#Cc1cccc(-c2ccc(F)c(Cl)c2)c1. The molecule has 0 radical (unpaired) electrons. The zero-order valence-corrected chi connectivity index (χ0v) is 9.00. The van der Waals surface area contributed by atoms with Crippen LogP contribution in [0.25, 0.3) is 11.1 Å². The smallest absolute Gasteiger partial charge is 0.141 e. The molecule has 0 aromatic heterocycles. The average Bonchev–Trinajstić information content (AvgIpc) is 2.33. The van der Waals surface area contributed by atoms with Gasteiger partial charge in [-0.25, -0.2) is 4.39 Å². The molecule has 0 atom stereocenters. The zero-order chi connectivity index (χ0) is 11.5. The van der Waals surface area contributed by atoms with Gasteiger partial charge in [-0.15, -0.1) is 0 Å². The molecule has 1 nitrogen and oxygen atoms in total. The highest BCUT2D eigenvalue weighted by Crippen LogP contribution is 2.25. The van der Waals surface area contributed by atoms with Crippen molar-refractivity contribution in [1.29, 1.82) is 5.26 Å². The van der Waals surface area contributed by atoms with E-state index in [4.69, 9.17) is 16.9 Å². The molecular weight excluding hydrogens is 225 g/mol. The van der Waals surface area contributed by atoms with Crippen molar-refractivity contribution in [2.75, 3.05) is 0 Å². The van der Waals surface area contributed by atoms with Crippen LogP contribution in [0.3, 0.4) is 0 Å². The van der Waals surface area contributed by atoms with Gasteiger partial charge in [0.1, 0.15) is 5.82 Å². The summed E-state index contributed by atoms with van der Waals surface area (Å²) in [4.78, 5) is 0. The van der Waals surface area contributed by atoms with E-state index in [0.29, 0.717) is 5.56 Å². The van der Waals surface area contributed by atoms with E-state index in [9.17, 15) is 4.39 Å². The van der Waals surface area contributed by atoms with E-state index >= 15 is 0 Å². The quantitative estimate of drug-likeness (QED) is 0.727. The third-order valence-electron chi connectivity index (χ3n) is 2.24. The lowest BCUT2D eigenvalue weighted by Crippen LogP contribution is -1.82. The van der Waals surface area contributed by atoms with E-state index in [2.05, 4.69) is 6.07 Å². The van der Waals surface area contributed by atoms with E-state index in [1.807, 2.05) is 6.07 Å². The Morgan fingerprint density at radius 3 is 2.50 bits per heavy atom. The minimum absolute atomic E-state index is 0.0832. The molecule has 2 aromatic carbocycles. The summed E-state index contributed by atoms with van der Waals surface area (Å²) in [5, 5.41) is 8.85. The Balaban J connectivity index is 2.51. The fourth-order valence-corrected chi connectivity index (χ4v) is 1.62. The molecule has 78 valence electrons.